The van der Waals surface area contributed by atoms with Gasteiger partial charge in [-0.2, -0.15) is 11.8 Å². The third-order valence-corrected chi connectivity index (χ3v) is 4.15. The maximum Gasteiger partial charge on any atom is 0.326 e. The van der Waals surface area contributed by atoms with Crippen LogP contribution in [-0.2, 0) is 28.8 Å². The van der Waals surface area contributed by atoms with Gasteiger partial charge in [-0.15, -0.1) is 0 Å². The Morgan fingerprint density at radius 1 is 0.862 bits per heavy atom. The first kappa shape index (κ1) is 26.1. The summed E-state index contributed by atoms with van der Waals surface area (Å²) >= 11 is 1.36. The van der Waals surface area contributed by atoms with Crippen LogP contribution in [0.2, 0.25) is 0 Å². The van der Waals surface area contributed by atoms with E-state index in [2.05, 4.69) is 16.0 Å². The molecule has 0 fully saturated rings. The van der Waals surface area contributed by atoms with Gasteiger partial charge in [-0.25, -0.2) is 4.79 Å². The molecule has 0 saturated heterocycles. The van der Waals surface area contributed by atoms with Gasteiger partial charge in [0, 0.05) is 0 Å². The number of hydrogen-bond donors (Lipinski definition) is 7. The van der Waals surface area contributed by atoms with Crippen molar-refractivity contribution in [2.75, 3.05) is 18.6 Å². The largest absolute Gasteiger partial charge is 0.480 e. The number of carboxylic acids is 1. The molecule has 0 aromatic rings. The lowest BCUT2D eigenvalue weighted by Crippen LogP contribution is -2.57. The van der Waals surface area contributed by atoms with Crippen LogP contribution >= 0.6 is 11.8 Å². The molecule has 3 unspecified atom stereocenters. The highest BCUT2D eigenvalue weighted by Gasteiger charge is 2.30. The van der Waals surface area contributed by atoms with Gasteiger partial charge in [0.05, 0.1) is 19.4 Å². The molecule has 0 radical (unpaired) electrons. The number of carbonyl (C=O) groups excluding carboxylic acids is 5. The van der Waals surface area contributed by atoms with Crippen LogP contribution < -0.4 is 33.2 Å². The van der Waals surface area contributed by atoms with Crippen LogP contribution in [0.25, 0.3) is 0 Å². The molecule has 0 rings (SSSR count). The number of aliphatic carboxylic acids is 1. The number of hydrogen-bond acceptors (Lipinski definition) is 8. The molecular formula is C15H26N6O7S. The van der Waals surface area contributed by atoms with Crippen molar-refractivity contribution < 1.29 is 33.9 Å². The Hall–Kier alpha value is -2.87. The van der Waals surface area contributed by atoms with E-state index < -0.39 is 73.0 Å². The standard InChI is InChI=1S/C15H26N6O7S/c1-29-3-2-7(13(25)21-9(15(27)28)5-11(18)23)20-14(26)8(4-10(17)22)19-12(24)6-16/h7-9H,2-6,16H2,1H3,(H2,17,22)(H2,18,23)(H,19,24)(H,20,26)(H,21,25)(H,27,28). The van der Waals surface area contributed by atoms with Gasteiger partial charge in [0.2, 0.25) is 29.5 Å². The van der Waals surface area contributed by atoms with Crippen LogP contribution in [0.1, 0.15) is 19.3 Å². The summed E-state index contributed by atoms with van der Waals surface area (Å²) in [5.74, 6) is -5.34. The molecule has 0 aliphatic heterocycles. The molecule has 10 N–H and O–H groups in total. The molecule has 0 aromatic heterocycles. The molecule has 29 heavy (non-hydrogen) atoms. The molecule has 0 aliphatic carbocycles. The molecule has 0 saturated carbocycles. The summed E-state index contributed by atoms with van der Waals surface area (Å²) in [4.78, 5) is 69.7. The second-order valence-electron chi connectivity index (χ2n) is 5.91. The number of carbonyl (C=O) groups is 6. The molecular weight excluding hydrogens is 408 g/mol. The predicted molar refractivity (Wildman–Crippen MR) is 103 cm³/mol. The van der Waals surface area contributed by atoms with Crippen molar-refractivity contribution in [3.63, 3.8) is 0 Å². The lowest BCUT2D eigenvalue weighted by molar-refractivity contribution is -0.143. The van der Waals surface area contributed by atoms with Gasteiger partial charge >= 0.3 is 5.97 Å². The topological polar surface area (TPSA) is 237 Å². The lowest BCUT2D eigenvalue weighted by Gasteiger charge is -2.23. The fourth-order valence-electron chi connectivity index (χ4n) is 2.11. The Morgan fingerprint density at radius 2 is 1.34 bits per heavy atom. The Morgan fingerprint density at radius 3 is 1.79 bits per heavy atom. The number of primary amides is 2. The molecule has 164 valence electrons. The Labute approximate surface area is 170 Å². The van der Waals surface area contributed by atoms with Gasteiger partial charge in [0.25, 0.3) is 0 Å². The van der Waals surface area contributed by atoms with E-state index in [4.69, 9.17) is 22.3 Å². The summed E-state index contributed by atoms with van der Waals surface area (Å²) in [6, 6.07) is -4.14. The fourth-order valence-corrected chi connectivity index (χ4v) is 2.59. The average Bonchev–Trinajstić information content (AvgIpc) is 2.62. The maximum absolute atomic E-state index is 12.5. The van der Waals surface area contributed by atoms with Crippen molar-refractivity contribution >= 4 is 47.3 Å². The molecule has 14 heteroatoms. The molecule has 0 aliphatic rings. The van der Waals surface area contributed by atoms with Gasteiger partial charge in [-0.3, -0.25) is 24.0 Å². The van der Waals surface area contributed by atoms with Crippen LogP contribution in [0.3, 0.4) is 0 Å². The number of nitrogens with one attached hydrogen (secondary N) is 3. The van der Waals surface area contributed by atoms with E-state index in [1.807, 2.05) is 0 Å². The van der Waals surface area contributed by atoms with Crippen molar-refractivity contribution in [2.45, 2.75) is 37.4 Å². The van der Waals surface area contributed by atoms with Crippen LogP contribution in [0, 0.1) is 0 Å². The smallest absolute Gasteiger partial charge is 0.326 e. The third-order valence-electron chi connectivity index (χ3n) is 3.51. The van der Waals surface area contributed by atoms with Crippen LogP contribution in [0.5, 0.6) is 0 Å². The van der Waals surface area contributed by atoms with E-state index in [0.717, 1.165) is 0 Å². The molecule has 0 aromatic carbocycles. The summed E-state index contributed by atoms with van der Waals surface area (Å²) in [5.41, 5.74) is 15.2. The van der Waals surface area contributed by atoms with Crippen molar-refractivity contribution in [1.29, 1.82) is 0 Å². The van der Waals surface area contributed by atoms with E-state index in [1.165, 1.54) is 11.8 Å². The van der Waals surface area contributed by atoms with Crippen molar-refractivity contribution in [3.8, 4) is 0 Å². The highest BCUT2D eigenvalue weighted by Crippen LogP contribution is 2.04. The highest BCUT2D eigenvalue weighted by molar-refractivity contribution is 7.98. The normalized spacial score (nSPS) is 13.4. The van der Waals surface area contributed by atoms with Gasteiger partial charge in [-0.1, -0.05) is 0 Å². The van der Waals surface area contributed by atoms with Crippen molar-refractivity contribution in [2.24, 2.45) is 17.2 Å². The van der Waals surface area contributed by atoms with E-state index in [9.17, 15) is 28.8 Å². The minimum absolute atomic E-state index is 0.107. The van der Waals surface area contributed by atoms with E-state index >= 15 is 0 Å². The zero-order valence-electron chi connectivity index (χ0n) is 15.8. The van der Waals surface area contributed by atoms with Crippen molar-refractivity contribution in [3.05, 3.63) is 0 Å². The Kier molecular flexibility index (Phi) is 12.0. The first-order chi connectivity index (χ1) is 13.5. The fraction of sp³-hybridized carbons (Fsp3) is 0.600. The minimum Gasteiger partial charge on any atom is -0.480 e. The molecule has 5 amide bonds. The van der Waals surface area contributed by atoms with Gasteiger partial charge in [-0.05, 0) is 18.4 Å². The van der Waals surface area contributed by atoms with Crippen molar-refractivity contribution in [1.82, 2.24) is 16.0 Å². The summed E-state index contributed by atoms with van der Waals surface area (Å²) in [7, 11) is 0. The summed E-state index contributed by atoms with van der Waals surface area (Å²) in [5, 5.41) is 15.8. The molecule has 3 atom stereocenters. The number of amides is 5. The molecule has 0 spiro atoms. The molecule has 0 bridgehead atoms. The SMILES string of the molecule is CSCCC(NC(=O)C(CC(N)=O)NC(=O)CN)C(=O)NC(CC(N)=O)C(=O)O. The van der Waals surface area contributed by atoms with Crippen LogP contribution in [-0.4, -0.2) is 77.3 Å². The number of rotatable bonds is 14. The third kappa shape index (κ3) is 10.9. The summed E-state index contributed by atoms with van der Waals surface area (Å²) < 4.78 is 0. The Balaban J connectivity index is 5.35. The zero-order valence-corrected chi connectivity index (χ0v) is 16.6. The quantitative estimate of drug-likeness (QED) is 0.141. The number of carboxylic acid groups (broad SMARTS) is 1. The minimum atomic E-state index is -1.58. The molecule has 0 heterocycles. The van der Waals surface area contributed by atoms with E-state index in [-0.39, 0.29) is 6.42 Å². The van der Waals surface area contributed by atoms with Gasteiger partial charge < -0.3 is 38.3 Å². The number of thioether (sulfide) groups is 1. The first-order valence-corrected chi connectivity index (χ1v) is 9.79. The highest BCUT2D eigenvalue weighted by atomic mass is 32.2. The lowest BCUT2D eigenvalue weighted by atomic mass is 10.1. The van der Waals surface area contributed by atoms with Crippen LogP contribution in [0.4, 0.5) is 0 Å². The predicted octanol–water partition coefficient (Wildman–Crippen LogP) is -4.01. The van der Waals surface area contributed by atoms with E-state index in [1.54, 1.807) is 6.26 Å². The average molecular weight is 434 g/mol. The maximum atomic E-state index is 12.5. The molecule has 13 nitrogen and oxygen atoms in total. The van der Waals surface area contributed by atoms with Gasteiger partial charge in [0.15, 0.2) is 0 Å². The zero-order chi connectivity index (χ0) is 22.6. The second kappa shape index (κ2) is 13.3. The monoisotopic (exact) mass is 434 g/mol. The van der Waals surface area contributed by atoms with Crippen LogP contribution in [0.15, 0.2) is 0 Å². The van der Waals surface area contributed by atoms with E-state index in [0.29, 0.717) is 5.75 Å². The first-order valence-electron chi connectivity index (χ1n) is 8.40. The Bertz CT molecular complexity index is 645. The summed E-state index contributed by atoms with van der Waals surface area (Å²) in [6.07, 6.45) is 0.687. The number of nitrogens with two attached hydrogens (primary N) is 3. The summed E-state index contributed by atoms with van der Waals surface area (Å²) in [6.45, 7) is -0.438. The second-order valence-corrected chi connectivity index (χ2v) is 6.89. The van der Waals surface area contributed by atoms with Gasteiger partial charge in [0.1, 0.15) is 18.1 Å².